The fourth-order valence-electron chi connectivity index (χ4n) is 4.53. The molecule has 138 valence electrons. The highest BCUT2D eigenvalue weighted by Gasteiger charge is 2.40. The van der Waals surface area contributed by atoms with E-state index >= 15 is 0 Å². The molecule has 0 saturated carbocycles. The van der Waals surface area contributed by atoms with E-state index in [1.807, 2.05) is 4.90 Å². The van der Waals surface area contributed by atoms with Gasteiger partial charge in [-0.25, -0.2) is 0 Å². The van der Waals surface area contributed by atoms with Gasteiger partial charge in [0.15, 0.2) is 0 Å². The molecule has 2 aliphatic rings. The lowest BCUT2D eigenvalue weighted by Gasteiger charge is -2.43. The maximum absolute atomic E-state index is 12.1. The Morgan fingerprint density at radius 2 is 1.76 bits per heavy atom. The summed E-state index contributed by atoms with van der Waals surface area (Å²) >= 11 is 0. The van der Waals surface area contributed by atoms with Gasteiger partial charge in [0.2, 0.25) is 5.91 Å². The van der Waals surface area contributed by atoms with Crippen molar-refractivity contribution in [3.63, 3.8) is 0 Å². The third-order valence-electron chi connectivity index (χ3n) is 6.17. The highest BCUT2D eigenvalue weighted by atomic mass is 16.2. The molecule has 0 radical (unpaired) electrons. The number of carbonyl (C=O) groups is 1. The number of likely N-dealkylation sites (tertiary alicyclic amines) is 1. The first kappa shape index (κ1) is 18.4. The lowest BCUT2D eigenvalue weighted by Crippen LogP contribution is -2.43. The van der Waals surface area contributed by atoms with Gasteiger partial charge >= 0.3 is 0 Å². The molecule has 0 atom stereocenters. The summed E-state index contributed by atoms with van der Waals surface area (Å²) in [4.78, 5) is 16.8. The standard InChI is InChI=1S/C22H34N2O/c1-18(25)24-14-7-10-22(19-8-5-6-9-20(19)24)12-16-23(17-13-22)15-11-21(2,3)4/h5-6,8-9H,7,10-17H2,1-4H3. The van der Waals surface area contributed by atoms with Crippen molar-refractivity contribution < 1.29 is 4.79 Å². The van der Waals surface area contributed by atoms with Crippen LogP contribution in [0, 0.1) is 5.41 Å². The third-order valence-corrected chi connectivity index (χ3v) is 6.17. The minimum absolute atomic E-state index is 0.173. The number of nitrogens with zero attached hydrogens (tertiary/aromatic N) is 2. The smallest absolute Gasteiger partial charge is 0.223 e. The Labute approximate surface area is 153 Å². The molecule has 1 amide bonds. The molecule has 0 N–H and O–H groups in total. The van der Waals surface area contributed by atoms with Crippen LogP contribution in [-0.2, 0) is 10.2 Å². The van der Waals surface area contributed by atoms with E-state index in [0.29, 0.717) is 5.41 Å². The van der Waals surface area contributed by atoms with Crippen molar-refractivity contribution in [1.29, 1.82) is 0 Å². The van der Waals surface area contributed by atoms with Crippen molar-refractivity contribution in [2.45, 2.75) is 65.2 Å². The quantitative estimate of drug-likeness (QED) is 0.784. The van der Waals surface area contributed by atoms with E-state index < -0.39 is 0 Å². The summed E-state index contributed by atoms with van der Waals surface area (Å²) in [6, 6.07) is 8.65. The fourth-order valence-corrected chi connectivity index (χ4v) is 4.53. The molecule has 1 aromatic rings. The second-order valence-corrected chi connectivity index (χ2v) is 9.22. The molecule has 1 saturated heterocycles. The molecule has 3 nitrogen and oxygen atoms in total. The van der Waals surface area contributed by atoms with E-state index in [-0.39, 0.29) is 11.3 Å². The topological polar surface area (TPSA) is 23.6 Å². The van der Waals surface area contributed by atoms with Crippen molar-refractivity contribution in [2.24, 2.45) is 5.41 Å². The Bertz CT molecular complexity index is 609. The normalized spacial score (nSPS) is 21.0. The summed E-state index contributed by atoms with van der Waals surface area (Å²) in [5.41, 5.74) is 3.25. The van der Waals surface area contributed by atoms with Crippen molar-refractivity contribution in [1.82, 2.24) is 4.90 Å². The van der Waals surface area contributed by atoms with Crippen molar-refractivity contribution >= 4 is 11.6 Å². The molecule has 1 aromatic carbocycles. The van der Waals surface area contributed by atoms with E-state index in [0.717, 1.165) is 18.7 Å². The molecule has 0 bridgehead atoms. The summed E-state index contributed by atoms with van der Waals surface area (Å²) in [6.45, 7) is 13.1. The Morgan fingerprint density at radius 1 is 1.08 bits per heavy atom. The molecule has 0 aliphatic carbocycles. The van der Waals surface area contributed by atoms with Crippen LogP contribution < -0.4 is 4.90 Å². The van der Waals surface area contributed by atoms with Gasteiger partial charge in [-0.2, -0.15) is 0 Å². The first-order valence-corrected chi connectivity index (χ1v) is 9.91. The lowest BCUT2D eigenvalue weighted by atomic mass is 9.69. The van der Waals surface area contributed by atoms with E-state index in [2.05, 4.69) is 49.9 Å². The van der Waals surface area contributed by atoms with Gasteiger partial charge in [-0.3, -0.25) is 4.79 Å². The molecule has 2 heterocycles. The summed E-state index contributed by atoms with van der Waals surface area (Å²) < 4.78 is 0. The van der Waals surface area contributed by atoms with Crippen LogP contribution in [0.1, 0.15) is 65.4 Å². The number of fused-ring (bicyclic) bond motifs is 2. The molecule has 3 heteroatoms. The van der Waals surface area contributed by atoms with Crippen molar-refractivity contribution in [3.8, 4) is 0 Å². The number of piperidine rings is 1. The first-order chi connectivity index (χ1) is 11.8. The van der Waals surface area contributed by atoms with E-state index in [4.69, 9.17) is 0 Å². The van der Waals surface area contributed by atoms with Gasteiger partial charge in [0.25, 0.3) is 0 Å². The summed E-state index contributed by atoms with van der Waals surface area (Å²) in [5.74, 6) is 0.173. The van der Waals surface area contributed by atoms with Crippen LogP contribution in [0.2, 0.25) is 0 Å². The van der Waals surface area contributed by atoms with Crippen LogP contribution >= 0.6 is 0 Å². The highest BCUT2D eigenvalue weighted by Crippen LogP contribution is 2.46. The van der Waals surface area contributed by atoms with Crippen LogP contribution in [0.15, 0.2) is 24.3 Å². The second kappa shape index (κ2) is 7.11. The number of carbonyl (C=O) groups excluding carboxylic acids is 1. The maximum Gasteiger partial charge on any atom is 0.223 e. The molecule has 1 spiro atoms. The van der Waals surface area contributed by atoms with Gasteiger partial charge in [0.05, 0.1) is 0 Å². The minimum Gasteiger partial charge on any atom is -0.312 e. The largest absolute Gasteiger partial charge is 0.312 e. The Balaban J connectivity index is 1.78. The monoisotopic (exact) mass is 342 g/mol. The molecule has 25 heavy (non-hydrogen) atoms. The SMILES string of the molecule is CC(=O)N1CCCC2(CCN(CCC(C)(C)C)CC2)c2ccccc21. The van der Waals surface area contributed by atoms with Crippen molar-refractivity contribution in [3.05, 3.63) is 29.8 Å². The first-order valence-electron chi connectivity index (χ1n) is 9.91. The van der Waals surface area contributed by atoms with Crippen LogP contribution in [-0.4, -0.2) is 37.0 Å². The zero-order chi connectivity index (χ0) is 18.1. The summed E-state index contributed by atoms with van der Waals surface area (Å²) in [6.07, 6.45) is 6.02. The van der Waals surface area contributed by atoms with E-state index in [1.165, 1.54) is 50.9 Å². The average Bonchev–Trinajstić information content (AvgIpc) is 2.72. The van der Waals surface area contributed by atoms with Crippen LogP contribution in [0.5, 0.6) is 0 Å². The molecule has 3 rings (SSSR count). The fraction of sp³-hybridized carbons (Fsp3) is 0.682. The van der Waals surface area contributed by atoms with Crippen molar-refractivity contribution in [2.75, 3.05) is 31.1 Å². The summed E-state index contributed by atoms with van der Waals surface area (Å²) in [5, 5.41) is 0. The Hall–Kier alpha value is -1.35. The lowest BCUT2D eigenvalue weighted by molar-refractivity contribution is -0.116. The second-order valence-electron chi connectivity index (χ2n) is 9.22. The van der Waals surface area contributed by atoms with E-state index in [1.54, 1.807) is 6.92 Å². The predicted octanol–water partition coefficient (Wildman–Crippen LogP) is 4.60. The van der Waals surface area contributed by atoms with Gasteiger partial charge in [0, 0.05) is 19.2 Å². The van der Waals surface area contributed by atoms with Crippen LogP contribution in [0.4, 0.5) is 5.69 Å². The molecule has 0 unspecified atom stereocenters. The zero-order valence-corrected chi connectivity index (χ0v) is 16.5. The van der Waals surface area contributed by atoms with Gasteiger partial charge in [0.1, 0.15) is 0 Å². The number of rotatable bonds is 2. The number of hydrogen-bond donors (Lipinski definition) is 0. The molecule has 2 aliphatic heterocycles. The highest BCUT2D eigenvalue weighted by molar-refractivity contribution is 5.92. The average molecular weight is 343 g/mol. The van der Waals surface area contributed by atoms with Gasteiger partial charge in [-0.05, 0) is 74.2 Å². The molecule has 0 aromatic heterocycles. The maximum atomic E-state index is 12.1. The van der Waals surface area contributed by atoms with Crippen LogP contribution in [0.25, 0.3) is 0 Å². The van der Waals surface area contributed by atoms with Gasteiger partial charge in [-0.1, -0.05) is 39.0 Å². The number of amides is 1. The van der Waals surface area contributed by atoms with E-state index in [9.17, 15) is 4.79 Å². The number of anilines is 1. The molecule has 1 fully saturated rings. The van der Waals surface area contributed by atoms with Crippen LogP contribution in [0.3, 0.4) is 0 Å². The van der Waals surface area contributed by atoms with Gasteiger partial charge < -0.3 is 9.80 Å². The molecular weight excluding hydrogens is 308 g/mol. The van der Waals surface area contributed by atoms with Gasteiger partial charge in [-0.15, -0.1) is 0 Å². The number of hydrogen-bond acceptors (Lipinski definition) is 2. The Kier molecular flexibility index (Phi) is 5.24. The molecular formula is C22H34N2O. The predicted molar refractivity (Wildman–Crippen MR) is 105 cm³/mol. The minimum atomic E-state index is 0.173. The zero-order valence-electron chi connectivity index (χ0n) is 16.5. The summed E-state index contributed by atoms with van der Waals surface area (Å²) in [7, 11) is 0. The number of benzene rings is 1. The third kappa shape index (κ3) is 4.08. The number of para-hydroxylation sites is 1. The Morgan fingerprint density at radius 3 is 2.40 bits per heavy atom.